The van der Waals surface area contributed by atoms with Crippen molar-refractivity contribution in [3.05, 3.63) is 33.8 Å². The van der Waals surface area contributed by atoms with Crippen LogP contribution in [-0.4, -0.2) is 5.88 Å². The molecule has 4 heteroatoms. The van der Waals surface area contributed by atoms with Gasteiger partial charge in [0.25, 0.3) is 0 Å². The molecule has 0 amide bonds. The Morgan fingerprint density at radius 3 is 2.42 bits per heavy atom. The molecule has 0 saturated heterocycles. The highest BCUT2D eigenvalue weighted by Gasteiger charge is 2.10. The van der Waals surface area contributed by atoms with Gasteiger partial charge in [0, 0.05) is 15.9 Å². The molecule has 1 unspecified atom stereocenters. The molecule has 1 aromatic rings. The number of hydrogen-bond acceptors (Lipinski definition) is 0. The van der Waals surface area contributed by atoms with Crippen LogP contribution in [0.1, 0.15) is 10.9 Å². The minimum atomic E-state index is -0.253. The average molecular weight is 244 g/mol. The number of halogens is 4. The van der Waals surface area contributed by atoms with Crippen molar-refractivity contribution < 1.29 is 0 Å². The maximum Gasteiger partial charge on any atom is 0.0735 e. The molecule has 66 valence electrons. The zero-order valence-electron chi connectivity index (χ0n) is 6.03. The molecular weight excluding hydrogens is 238 g/mol. The molecule has 0 nitrogen and oxygen atoms in total. The number of rotatable bonds is 2. The van der Waals surface area contributed by atoms with Gasteiger partial charge in [0.2, 0.25) is 0 Å². The van der Waals surface area contributed by atoms with Gasteiger partial charge >= 0.3 is 0 Å². The van der Waals surface area contributed by atoms with Gasteiger partial charge in [-0.1, -0.05) is 29.3 Å². The van der Waals surface area contributed by atoms with E-state index in [0.29, 0.717) is 15.9 Å². The summed E-state index contributed by atoms with van der Waals surface area (Å²) in [5.41, 5.74) is 0.817. The van der Waals surface area contributed by atoms with E-state index in [0.717, 1.165) is 5.56 Å². The minimum absolute atomic E-state index is 0.253. The Kier molecular flexibility index (Phi) is 3.98. The molecule has 0 heterocycles. The Morgan fingerprint density at radius 1 is 1.25 bits per heavy atom. The lowest BCUT2D eigenvalue weighted by atomic mass is 10.2. The fraction of sp³-hybridized carbons (Fsp3) is 0.250. The van der Waals surface area contributed by atoms with Gasteiger partial charge in [-0.2, -0.15) is 0 Å². The van der Waals surface area contributed by atoms with Crippen molar-refractivity contribution in [3.8, 4) is 0 Å². The molecule has 1 rings (SSSR count). The smallest absolute Gasteiger partial charge is 0.0735 e. The quantitative estimate of drug-likeness (QED) is 0.671. The third-order valence-electron chi connectivity index (χ3n) is 1.44. The van der Waals surface area contributed by atoms with Crippen LogP contribution < -0.4 is 0 Å². The predicted molar refractivity (Wildman–Crippen MR) is 55.8 cm³/mol. The summed E-state index contributed by atoms with van der Waals surface area (Å²) >= 11 is 23.0. The summed E-state index contributed by atoms with van der Waals surface area (Å²) in [5, 5.41) is 0.904. The highest BCUT2D eigenvalue weighted by atomic mass is 35.5. The summed E-state index contributed by atoms with van der Waals surface area (Å²) in [7, 11) is 0. The first-order valence-corrected chi connectivity index (χ1v) is 5.03. The fourth-order valence-corrected chi connectivity index (χ4v) is 1.79. The Bertz CT molecular complexity index is 272. The van der Waals surface area contributed by atoms with Crippen LogP contribution in [0.5, 0.6) is 0 Å². The first-order chi connectivity index (χ1) is 5.65. The SMILES string of the molecule is ClCC(Cl)c1ccc(Cl)cc1Cl. The second-order valence-corrected chi connectivity index (χ2v) is 3.97. The standard InChI is InChI=1S/C8H6Cl4/c9-4-8(12)6-2-1-5(10)3-7(6)11/h1-3,8H,4H2. The molecule has 1 aromatic carbocycles. The van der Waals surface area contributed by atoms with E-state index >= 15 is 0 Å². The Morgan fingerprint density at radius 2 is 1.92 bits per heavy atom. The first kappa shape index (κ1) is 10.5. The number of hydrogen-bond donors (Lipinski definition) is 0. The molecule has 0 aromatic heterocycles. The van der Waals surface area contributed by atoms with Crippen LogP contribution in [0.2, 0.25) is 10.0 Å². The minimum Gasteiger partial charge on any atom is -0.125 e. The number of benzene rings is 1. The maximum atomic E-state index is 5.89. The van der Waals surface area contributed by atoms with Gasteiger partial charge in [0.1, 0.15) is 0 Å². The zero-order valence-corrected chi connectivity index (χ0v) is 9.05. The van der Waals surface area contributed by atoms with E-state index in [9.17, 15) is 0 Å². The van der Waals surface area contributed by atoms with Crippen molar-refractivity contribution in [3.63, 3.8) is 0 Å². The predicted octanol–water partition coefficient (Wildman–Crippen LogP) is 4.51. The average Bonchev–Trinajstić information content (AvgIpc) is 2.03. The van der Waals surface area contributed by atoms with Crippen molar-refractivity contribution >= 4 is 46.4 Å². The van der Waals surface area contributed by atoms with E-state index in [2.05, 4.69) is 0 Å². The lowest BCUT2D eigenvalue weighted by Crippen LogP contribution is -1.92. The van der Waals surface area contributed by atoms with E-state index < -0.39 is 0 Å². The third-order valence-corrected chi connectivity index (χ3v) is 2.85. The van der Waals surface area contributed by atoms with Gasteiger partial charge in [-0.25, -0.2) is 0 Å². The molecule has 0 fully saturated rings. The normalized spacial score (nSPS) is 13.0. The summed E-state index contributed by atoms with van der Waals surface area (Å²) in [6, 6.07) is 5.18. The van der Waals surface area contributed by atoms with Gasteiger partial charge < -0.3 is 0 Å². The highest BCUT2D eigenvalue weighted by molar-refractivity contribution is 6.36. The van der Waals surface area contributed by atoms with E-state index in [1.165, 1.54) is 0 Å². The van der Waals surface area contributed by atoms with Crippen molar-refractivity contribution in [2.75, 3.05) is 5.88 Å². The maximum absolute atomic E-state index is 5.89. The van der Waals surface area contributed by atoms with E-state index in [-0.39, 0.29) is 5.38 Å². The molecule has 0 spiro atoms. The molecule has 0 bridgehead atoms. The highest BCUT2D eigenvalue weighted by Crippen LogP contribution is 2.30. The van der Waals surface area contributed by atoms with Crippen LogP contribution in [0.25, 0.3) is 0 Å². The first-order valence-electron chi connectivity index (χ1n) is 3.30. The van der Waals surface area contributed by atoms with Crippen LogP contribution in [0.3, 0.4) is 0 Å². The second kappa shape index (κ2) is 4.57. The van der Waals surface area contributed by atoms with Crippen LogP contribution in [0.4, 0.5) is 0 Å². The molecule has 0 aliphatic heterocycles. The van der Waals surface area contributed by atoms with Gasteiger partial charge in [-0.05, 0) is 17.7 Å². The van der Waals surface area contributed by atoms with E-state index in [1.54, 1.807) is 18.2 Å². The van der Waals surface area contributed by atoms with Gasteiger partial charge in [0.05, 0.1) is 5.38 Å². The Hall–Kier alpha value is 0.380. The monoisotopic (exact) mass is 242 g/mol. The number of alkyl halides is 2. The Balaban J connectivity index is 3.01. The van der Waals surface area contributed by atoms with Crippen LogP contribution in [0.15, 0.2) is 18.2 Å². The van der Waals surface area contributed by atoms with E-state index in [4.69, 9.17) is 46.4 Å². The van der Waals surface area contributed by atoms with Crippen molar-refractivity contribution in [2.45, 2.75) is 5.38 Å². The molecule has 0 saturated carbocycles. The summed E-state index contributed by atoms with van der Waals surface area (Å²) in [5.74, 6) is 0.336. The molecule has 12 heavy (non-hydrogen) atoms. The van der Waals surface area contributed by atoms with E-state index in [1.807, 2.05) is 0 Å². The molecule has 0 radical (unpaired) electrons. The van der Waals surface area contributed by atoms with Crippen molar-refractivity contribution in [1.29, 1.82) is 0 Å². The van der Waals surface area contributed by atoms with Crippen LogP contribution in [-0.2, 0) is 0 Å². The van der Waals surface area contributed by atoms with Crippen molar-refractivity contribution in [1.82, 2.24) is 0 Å². The summed E-state index contributed by atoms with van der Waals surface area (Å²) in [6.45, 7) is 0. The van der Waals surface area contributed by atoms with Gasteiger partial charge in [-0.15, -0.1) is 23.2 Å². The molecule has 0 aliphatic rings. The molecule has 0 N–H and O–H groups in total. The lowest BCUT2D eigenvalue weighted by molar-refractivity contribution is 1.09. The van der Waals surface area contributed by atoms with Gasteiger partial charge in [-0.3, -0.25) is 0 Å². The van der Waals surface area contributed by atoms with Crippen LogP contribution >= 0.6 is 46.4 Å². The van der Waals surface area contributed by atoms with Gasteiger partial charge in [0.15, 0.2) is 0 Å². The third kappa shape index (κ3) is 2.43. The molecule has 1 atom stereocenters. The topological polar surface area (TPSA) is 0 Å². The lowest BCUT2D eigenvalue weighted by Gasteiger charge is -2.07. The van der Waals surface area contributed by atoms with Crippen molar-refractivity contribution in [2.24, 2.45) is 0 Å². The summed E-state index contributed by atoms with van der Waals surface area (Å²) in [4.78, 5) is 0. The molecule has 0 aliphatic carbocycles. The van der Waals surface area contributed by atoms with Crippen LogP contribution in [0, 0.1) is 0 Å². The molecular formula is C8H6Cl4. The zero-order chi connectivity index (χ0) is 9.14. The second-order valence-electron chi connectivity index (χ2n) is 2.29. The summed E-state index contributed by atoms with van der Waals surface area (Å²) in [6.07, 6.45) is 0. The Labute approximate surface area is 91.4 Å². The fourth-order valence-electron chi connectivity index (χ4n) is 0.839. The largest absolute Gasteiger partial charge is 0.125 e. The summed E-state index contributed by atoms with van der Waals surface area (Å²) < 4.78 is 0.